The summed E-state index contributed by atoms with van der Waals surface area (Å²) in [4.78, 5) is 0. The maximum Gasteiger partial charge on any atom is 0.183 e. The number of hydrogen-bond acceptors (Lipinski definition) is 7. The normalized spacial score (nSPS) is 18.9. The van der Waals surface area contributed by atoms with Crippen LogP contribution in [0.4, 0.5) is 0 Å². The Balaban J connectivity index is 1.16. The molecule has 6 rings (SSSR count). The lowest BCUT2D eigenvalue weighted by Gasteiger charge is -2.36. The molecule has 0 saturated carbocycles. The Hall–Kier alpha value is -3.33. The molecule has 0 N–H and O–H groups in total. The van der Waals surface area contributed by atoms with E-state index in [0.717, 1.165) is 45.1 Å². The molecule has 1 saturated heterocycles. The average molecular weight is 587 g/mol. The molecule has 0 radical (unpaired) electrons. The van der Waals surface area contributed by atoms with Gasteiger partial charge in [0.15, 0.2) is 10.8 Å². The molecule has 3 unspecified atom stereocenters. The zero-order chi connectivity index (χ0) is 27.9. The number of nitrogens with zero attached hydrogens (tertiary/aromatic N) is 2. The third kappa shape index (κ3) is 7.50. The molecule has 1 fully saturated rings. The second-order valence-corrected chi connectivity index (χ2v) is 11.6. The average Bonchev–Trinajstić information content (AvgIpc) is 3.71. The Kier molecular flexibility index (Phi) is 9.20. The van der Waals surface area contributed by atoms with Crippen LogP contribution in [0.1, 0.15) is 46.2 Å². The van der Waals surface area contributed by atoms with Crippen LogP contribution in [0.15, 0.2) is 102 Å². The van der Waals surface area contributed by atoms with E-state index in [1.54, 1.807) is 6.26 Å². The second-order valence-electron chi connectivity index (χ2n) is 10.1. The molecule has 0 bridgehead atoms. The van der Waals surface area contributed by atoms with E-state index >= 15 is 0 Å². The van der Waals surface area contributed by atoms with Crippen molar-refractivity contribution in [2.24, 2.45) is 0 Å². The third-order valence-electron chi connectivity index (χ3n) is 7.09. The van der Waals surface area contributed by atoms with Crippen molar-refractivity contribution in [2.45, 2.75) is 50.8 Å². The summed E-state index contributed by atoms with van der Waals surface area (Å²) in [5.41, 5.74) is 4.36. The van der Waals surface area contributed by atoms with Gasteiger partial charge in [0.05, 0.1) is 44.4 Å². The van der Waals surface area contributed by atoms with E-state index in [2.05, 4.69) is 40.5 Å². The predicted molar refractivity (Wildman–Crippen MR) is 160 cm³/mol. The maximum atomic E-state index is 6.65. The highest BCUT2D eigenvalue weighted by Gasteiger charge is 2.32. The van der Waals surface area contributed by atoms with E-state index in [-0.39, 0.29) is 18.3 Å². The molecule has 8 heteroatoms. The quantitative estimate of drug-likeness (QED) is 0.156. The standard InChI is InChI=1S/C33H31ClN2O4S/c34-29-14-13-25(16-26(29)17-32-35-36-33(41-32)30-12-7-15-38-30)31-19-27(39-21-24-10-5-2-6-11-24)18-28(40-31)22-37-20-23-8-3-1-4-9-23/h1-16,27-28,31H,17-22H2. The van der Waals surface area contributed by atoms with Crippen molar-refractivity contribution in [1.29, 1.82) is 0 Å². The summed E-state index contributed by atoms with van der Waals surface area (Å²) in [5.74, 6) is 0.714. The summed E-state index contributed by atoms with van der Waals surface area (Å²) in [6, 6.07) is 30.3. The Morgan fingerprint density at radius 3 is 2.39 bits per heavy atom. The SMILES string of the molecule is Clc1ccc(C2CC(OCc3ccccc3)CC(COCc3ccccc3)O2)cc1Cc1nnc(-c2ccco2)s1. The van der Waals surface area contributed by atoms with Gasteiger partial charge in [0.1, 0.15) is 5.01 Å². The Morgan fingerprint density at radius 2 is 1.63 bits per heavy atom. The molecule has 6 nitrogen and oxygen atoms in total. The molecule has 210 valence electrons. The molecule has 2 aromatic heterocycles. The van der Waals surface area contributed by atoms with Crippen LogP contribution in [0.5, 0.6) is 0 Å². The van der Waals surface area contributed by atoms with Gasteiger partial charge in [-0.1, -0.05) is 95.7 Å². The fourth-order valence-electron chi connectivity index (χ4n) is 5.02. The molecule has 1 aliphatic heterocycles. The number of benzene rings is 3. The van der Waals surface area contributed by atoms with E-state index in [9.17, 15) is 0 Å². The first-order chi connectivity index (χ1) is 20.2. The molecule has 3 heterocycles. The fraction of sp³-hybridized carbons (Fsp3) is 0.273. The summed E-state index contributed by atoms with van der Waals surface area (Å²) >= 11 is 8.15. The van der Waals surface area contributed by atoms with Crippen LogP contribution in [-0.4, -0.2) is 29.0 Å². The summed E-state index contributed by atoms with van der Waals surface area (Å²) in [5, 5.41) is 11.0. The van der Waals surface area contributed by atoms with Crippen LogP contribution in [0.3, 0.4) is 0 Å². The van der Waals surface area contributed by atoms with Crippen LogP contribution in [0.25, 0.3) is 10.8 Å². The minimum absolute atomic E-state index is 0.0393. The molecule has 41 heavy (non-hydrogen) atoms. The monoisotopic (exact) mass is 586 g/mol. The van der Waals surface area contributed by atoms with Crippen molar-refractivity contribution < 1.29 is 18.6 Å². The van der Waals surface area contributed by atoms with Gasteiger partial charge in [-0.3, -0.25) is 0 Å². The number of rotatable bonds is 11. The third-order valence-corrected chi connectivity index (χ3v) is 8.39. The van der Waals surface area contributed by atoms with Crippen LogP contribution in [0.2, 0.25) is 5.02 Å². The summed E-state index contributed by atoms with van der Waals surface area (Å²) in [7, 11) is 0. The lowest BCUT2D eigenvalue weighted by molar-refractivity contribution is -0.142. The van der Waals surface area contributed by atoms with Gasteiger partial charge in [-0.15, -0.1) is 10.2 Å². The van der Waals surface area contributed by atoms with Gasteiger partial charge < -0.3 is 18.6 Å². The number of aromatic nitrogens is 2. The minimum Gasteiger partial charge on any atom is -0.462 e. The predicted octanol–water partition coefficient (Wildman–Crippen LogP) is 8.06. The number of halogens is 1. The maximum absolute atomic E-state index is 6.65. The van der Waals surface area contributed by atoms with E-state index in [0.29, 0.717) is 37.0 Å². The molecule has 0 amide bonds. The van der Waals surface area contributed by atoms with Crippen molar-refractivity contribution in [3.8, 4) is 10.8 Å². The van der Waals surface area contributed by atoms with Gasteiger partial charge in [0, 0.05) is 24.3 Å². The smallest absolute Gasteiger partial charge is 0.183 e. The summed E-state index contributed by atoms with van der Waals surface area (Å²) in [6.45, 7) is 1.61. The highest BCUT2D eigenvalue weighted by atomic mass is 35.5. The topological polar surface area (TPSA) is 66.6 Å². The fourth-order valence-corrected chi connectivity index (χ4v) is 6.03. The number of hydrogen-bond donors (Lipinski definition) is 0. The van der Waals surface area contributed by atoms with Gasteiger partial charge in [-0.05, 0) is 40.5 Å². The first-order valence-electron chi connectivity index (χ1n) is 13.8. The Labute approximate surface area is 248 Å². The van der Waals surface area contributed by atoms with E-state index in [1.807, 2.05) is 60.7 Å². The van der Waals surface area contributed by atoms with Crippen molar-refractivity contribution in [2.75, 3.05) is 6.61 Å². The number of ether oxygens (including phenoxy) is 3. The lowest BCUT2D eigenvalue weighted by Crippen LogP contribution is -2.35. The minimum atomic E-state index is -0.140. The largest absolute Gasteiger partial charge is 0.462 e. The zero-order valence-corrected chi connectivity index (χ0v) is 24.1. The molecule has 0 spiro atoms. The van der Waals surface area contributed by atoms with Crippen molar-refractivity contribution in [3.05, 3.63) is 130 Å². The van der Waals surface area contributed by atoms with Crippen LogP contribution in [-0.2, 0) is 33.8 Å². The molecule has 1 aliphatic rings. The highest BCUT2D eigenvalue weighted by molar-refractivity contribution is 7.14. The number of furan rings is 1. The van der Waals surface area contributed by atoms with Gasteiger partial charge >= 0.3 is 0 Å². The van der Waals surface area contributed by atoms with Gasteiger partial charge in [0.25, 0.3) is 0 Å². The van der Waals surface area contributed by atoms with E-state index < -0.39 is 0 Å². The van der Waals surface area contributed by atoms with E-state index in [4.69, 9.17) is 30.2 Å². The van der Waals surface area contributed by atoms with Crippen molar-refractivity contribution >= 4 is 22.9 Å². The molecular weight excluding hydrogens is 556 g/mol. The summed E-state index contributed by atoms with van der Waals surface area (Å²) < 4.78 is 24.6. The van der Waals surface area contributed by atoms with Gasteiger partial charge in [0.2, 0.25) is 0 Å². The lowest BCUT2D eigenvalue weighted by atomic mass is 9.94. The first-order valence-corrected chi connectivity index (χ1v) is 15.0. The van der Waals surface area contributed by atoms with E-state index in [1.165, 1.54) is 11.3 Å². The first kappa shape index (κ1) is 27.8. The van der Waals surface area contributed by atoms with Crippen molar-refractivity contribution in [3.63, 3.8) is 0 Å². The summed E-state index contributed by atoms with van der Waals surface area (Å²) in [6.07, 6.45) is 3.56. The van der Waals surface area contributed by atoms with Crippen LogP contribution >= 0.6 is 22.9 Å². The molecule has 3 atom stereocenters. The van der Waals surface area contributed by atoms with Gasteiger partial charge in [-0.2, -0.15) is 0 Å². The molecule has 0 aliphatic carbocycles. The Morgan fingerprint density at radius 1 is 0.854 bits per heavy atom. The molecular formula is C33H31ClN2O4S. The molecule has 5 aromatic rings. The highest BCUT2D eigenvalue weighted by Crippen LogP contribution is 2.36. The molecule has 3 aromatic carbocycles. The van der Waals surface area contributed by atoms with Crippen LogP contribution in [0, 0.1) is 0 Å². The second kappa shape index (κ2) is 13.6. The van der Waals surface area contributed by atoms with Crippen LogP contribution < -0.4 is 0 Å². The van der Waals surface area contributed by atoms with Gasteiger partial charge in [-0.25, -0.2) is 0 Å². The Bertz CT molecular complexity index is 1510. The zero-order valence-electron chi connectivity index (χ0n) is 22.5. The van der Waals surface area contributed by atoms with Crippen molar-refractivity contribution in [1.82, 2.24) is 10.2 Å².